The topological polar surface area (TPSA) is 63.4 Å². The number of rotatable bonds is 6. The Kier molecular flexibility index (Phi) is 4.14. The van der Waals surface area contributed by atoms with Gasteiger partial charge in [-0.15, -0.1) is 0 Å². The van der Waals surface area contributed by atoms with Crippen molar-refractivity contribution in [2.75, 3.05) is 38.3 Å². The lowest BCUT2D eigenvalue weighted by Gasteiger charge is -2.47. The first-order valence-corrected chi connectivity index (χ1v) is 6.88. The highest BCUT2D eigenvalue weighted by Crippen LogP contribution is 2.36. The second-order valence-corrected chi connectivity index (χ2v) is 5.35. The number of nitrogen functional groups attached to an aromatic ring is 1. The standard InChI is InChI=1S/C14H24N4O/c1-4-19-13-11(15)6-7-12(17-13)16-10-14(18(2)3)8-5-9-14/h6-7H,4-5,8-10,15H2,1-3H3,(H,16,17). The van der Waals surface area contributed by atoms with Gasteiger partial charge in [0.1, 0.15) is 5.82 Å². The Morgan fingerprint density at radius 1 is 1.42 bits per heavy atom. The van der Waals surface area contributed by atoms with E-state index in [2.05, 4.69) is 29.3 Å². The molecule has 0 aliphatic heterocycles. The molecule has 106 valence electrons. The van der Waals surface area contributed by atoms with Gasteiger partial charge in [0.2, 0.25) is 5.88 Å². The lowest BCUT2D eigenvalue weighted by atomic mass is 9.75. The summed E-state index contributed by atoms with van der Waals surface area (Å²) in [5.41, 5.74) is 6.67. The third-order valence-electron chi connectivity index (χ3n) is 4.00. The van der Waals surface area contributed by atoms with Crippen LogP contribution in [0.1, 0.15) is 26.2 Å². The van der Waals surface area contributed by atoms with E-state index in [0.29, 0.717) is 18.2 Å². The first-order chi connectivity index (χ1) is 9.07. The van der Waals surface area contributed by atoms with E-state index in [0.717, 1.165) is 12.4 Å². The summed E-state index contributed by atoms with van der Waals surface area (Å²) in [7, 11) is 4.28. The Morgan fingerprint density at radius 3 is 2.68 bits per heavy atom. The number of ether oxygens (including phenoxy) is 1. The van der Waals surface area contributed by atoms with Crippen LogP contribution in [0.25, 0.3) is 0 Å². The van der Waals surface area contributed by atoms with Crippen LogP contribution in [0.15, 0.2) is 12.1 Å². The average molecular weight is 264 g/mol. The Morgan fingerprint density at radius 2 is 2.16 bits per heavy atom. The van der Waals surface area contributed by atoms with Crippen molar-refractivity contribution >= 4 is 11.5 Å². The normalized spacial score (nSPS) is 17.1. The average Bonchev–Trinajstić information content (AvgIpc) is 2.31. The van der Waals surface area contributed by atoms with Crippen LogP contribution < -0.4 is 15.8 Å². The molecule has 5 heteroatoms. The van der Waals surface area contributed by atoms with Gasteiger partial charge < -0.3 is 20.7 Å². The monoisotopic (exact) mass is 264 g/mol. The summed E-state index contributed by atoms with van der Waals surface area (Å²) >= 11 is 0. The summed E-state index contributed by atoms with van der Waals surface area (Å²) in [6, 6.07) is 3.74. The van der Waals surface area contributed by atoms with Crippen molar-refractivity contribution in [2.45, 2.75) is 31.7 Å². The van der Waals surface area contributed by atoms with Gasteiger partial charge in [-0.2, -0.15) is 4.98 Å². The van der Waals surface area contributed by atoms with Crippen LogP contribution in [0, 0.1) is 0 Å². The molecule has 0 radical (unpaired) electrons. The van der Waals surface area contributed by atoms with Crippen LogP contribution in [0.3, 0.4) is 0 Å². The van der Waals surface area contributed by atoms with Crippen molar-refractivity contribution in [1.82, 2.24) is 9.88 Å². The largest absolute Gasteiger partial charge is 0.476 e. The first kappa shape index (κ1) is 13.9. The fraction of sp³-hybridized carbons (Fsp3) is 0.643. The Hall–Kier alpha value is -1.49. The predicted octanol–water partition coefficient (Wildman–Crippen LogP) is 1.96. The van der Waals surface area contributed by atoms with Crippen molar-refractivity contribution in [3.05, 3.63) is 12.1 Å². The highest BCUT2D eigenvalue weighted by Gasteiger charge is 2.38. The third-order valence-corrected chi connectivity index (χ3v) is 4.00. The van der Waals surface area contributed by atoms with E-state index in [1.165, 1.54) is 19.3 Å². The molecule has 1 saturated carbocycles. The molecule has 19 heavy (non-hydrogen) atoms. The zero-order chi connectivity index (χ0) is 13.9. The second kappa shape index (κ2) is 5.65. The molecule has 1 aliphatic carbocycles. The number of aromatic nitrogens is 1. The van der Waals surface area contributed by atoms with Gasteiger partial charge in [0.05, 0.1) is 12.3 Å². The van der Waals surface area contributed by atoms with E-state index < -0.39 is 0 Å². The highest BCUT2D eigenvalue weighted by atomic mass is 16.5. The van der Waals surface area contributed by atoms with Gasteiger partial charge in [0.15, 0.2) is 0 Å². The Balaban J connectivity index is 2.01. The minimum absolute atomic E-state index is 0.273. The summed E-state index contributed by atoms with van der Waals surface area (Å²) in [6.45, 7) is 3.40. The minimum Gasteiger partial charge on any atom is -0.476 e. The predicted molar refractivity (Wildman–Crippen MR) is 78.6 cm³/mol. The summed E-state index contributed by atoms with van der Waals surface area (Å²) in [6.07, 6.45) is 3.78. The van der Waals surface area contributed by atoms with E-state index in [-0.39, 0.29) is 5.54 Å². The molecule has 1 heterocycles. The fourth-order valence-corrected chi connectivity index (χ4v) is 2.42. The summed E-state index contributed by atoms with van der Waals surface area (Å²) in [5.74, 6) is 1.34. The summed E-state index contributed by atoms with van der Waals surface area (Å²) < 4.78 is 5.41. The van der Waals surface area contributed by atoms with E-state index in [9.17, 15) is 0 Å². The van der Waals surface area contributed by atoms with Crippen LogP contribution in [0.4, 0.5) is 11.5 Å². The van der Waals surface area contributed by atoms with Gasteiger partial charge in [-0.1, -0.05) is 0 Å². The molecule has 0 amide bonds. The van der Waals surface area contributed by atoms with E-state index in [1.54, 1.807) is 0 Å². The van der Waals surface area contributed by atoms with Crippen LogP contribution >= 0.6 is 0 Å². The van der Waals surface area contributed by atoms with E-state index >= 15 is 0 Å². The molecule has 1 fully saturated rings. The van der Waals surface area contributed by atoms with Gasteiger partial charge in [-0.25, -0.2) is 0 Å². The van der Waals surface area contributed by atoms with Crippen molar-refractivity contribution < 1.29 is 4.74 Å². The van der Waals surface area contributed by atoms with Crippen molar-refractivity contribution in [3.63, 3.8) is 0 Å². The van der Waals surface area contributed by atoms with Gasteiger partial charge in [-0.3, -0.25) is 0 Å². The van der Waals surface area contributed by atoms with Gasteiger partial charge in [0.25, 0.3) is 0 Å². The van der Waals surface area contributed by atoms with E-state index in [1.807, 2.05) is 19.1 Å². The third kappa shape index (κ3) is 2.92. The number of likely N-dealkylation sites (N-methyl/N-ethyl adjacent to an activating group) is 1. The molecular formula is C14H24N4O. The number of anilines is 2. The number of pyridine rings is 1. The maximum atomic E-state index is 5.82. The lowest BCUT2D eigenvalue weighted by molar-refractivity contribution is 0.0738. The van der Waals surface area contributed by atoms with Gasteiger partial charge in [0, 0.05) is 12.1 Å². The summed E-state index contributed by atoms with van der Waals surface area (Å²) in [4.78, 5) is 6.72. The Bertz CT molecular complexity index is 429. The lowest BCUT2D eigenvalue weighted by Crippen LogP contribution is -2.54. The number of nitrogens with two attached hydrogens (primary N) is 1. The molecule has 3 N–H and O–H groups in total. The molecular weight excluding hydrogens is 240 g/mol. The number of hydrogen-bond acceptors (Lipinski definition) is 5. The highest BCUT2D eigenvalue weighted by molar-refractivity contribution is 5.53. The smallest absolute Gasteiger partial charge is 0.239 e. The second-order valence-electron chi connectivity index (χ2n) is 5.35. The molecule has 0 atom stereocenters. The molecule has 5 nitrogen and oxygen atoms in total. The zero-order valence-corrected chi connectivity index (χ0v) is 12.1. The molecule has 0 unspecified atom stereocenters. The van der Waals surface area contributed by atoms with Crippen molar-refractivity contribution in [2.24, 2.45) is 0 Å². The maximum absolute atomic E-state index is 5.82. The van der Waals surface area contributed by atoms with Crippen LogP contribution in [-0.4, -0.2) is 42.7 Å². The van der Waals surface area contributed by atoms with Crippen LogP contribution in [0.5, 0.6) is 5.88 Å². The number of nitrogens with zero attached hydrogens (tertiary/aromatic N) is 2. The molecule has 0 aromatic carbocycles. The molecule has 2 rings (SSSR count). The molecule has 1 aliphatic rings. The molecule has 1 aromatic rings. The number of hydrogen-bond donors (Lipinski definition) is 2. The van der Waals surface area contributed by atoms with Crippen molar-refractivity contribution in [1.29, 1.82) is 0 Å². The zero-order valence-electron chi connectivity index (χ0n) is 12.1. The number of nitrogens with one attached hydrogen (secondary N) is 1. The van der Waals surface area contributed by atoms with Gasteiger partial charge in [-0.05, 0) is 52.4 Å². The molecule has 1 aromatic heterocycles. The quantitative estimate of drug-likeness (QED) is 0.822. The molecule has 0 spiro atoms. The Labute approximate surface area is 115 Å². The maximum Gasteiger partial charge on any atom is 0.239 e. The van der Waals surface area contributed by atoms with Crippen molar-refractivity contribution in [3.8, 4) is 5.88 Å². The molecule has 0 bridgehead atoms. The van der Waals surface area contributed by atoms with Crippen LogP contribution in [0.2, 0.25) is 0 Å². The fourth-order valence-electron chi connectivity index (χ4n) is 2.42. The SMILES string of the molecule is CCOc1nc(NCC2(N(C)C)CCC2)ccc1N. The van der Waals surface area contributed by atoms with Crippen LogP contribution in [-0.2, 0) is 0 Å². The van der Waals surface area contributed by atoms with E-state index in [4.69, 9.17) is 10.5 Å². The molecule has 0 saturated heterocycles. The summed E-state index contributed by atoms with van der Waals surface area (Å²) in [5, 5.41) is 3.41. The van der Waals surface area contributed by atoms with Gasteiger partial charge >= 0.3 is 0 Å². The first-order valence-electron chi connectivity index (χ1n) is 6.88. The minimum atomic E-state index is 0.273.